The van der Waals surface area contributed by atoms with Crippen molar-refractivity contribution in [3.8, 4) is 17.1 Å². The van der Waals surface area contributed by atoms with Gasteiger partial charge in [0, 0.05) is 39.3 Å². The van der Waals surface area contributed by atoms with Gasteiger partial charge in [-0.2, -0.15) is 0 Å². The quantitative estimate of drug-likeness (QED) is 0.743. The van der Waals surface area contributed by atoms with Gasteiger partial charge < -0.3 is 29.5 Å². The molecular formula is C18H24ClFN4O4. The summed E-state index contributed by atoms with van der Waals surface area (Å²) in [6.07, 6.45) is -0.0975. The van der Waals surface area contributed by atoms with E-state index >= 15 is 0 Å². The molecule has 8 nitrogen and oxygen atoms in total. The number of benzene rings is 1. The average Bonchev–Trinajstić information content (AvgIpc) is 3.13. The van der Waals surface area contributed by atoms with Gasteiger partial charge in [-0.15, -0.1) is 12.4 Å². The maximum atomic E-state index is 13.7. The van der Waals surface area contributed by atoms with E-state index in [0.717, 1.165) is 6.54 Å². The van der Waals surface area contributed by atoms with Crippen LogP contribution in [0.2, 0.25) is 0 Å². The zero-order chi connectivity index (χ0) is 19.4. The Balaban J connectivity index is 0.00000280. The average molecular weight is 415 g/mol. The Morgan fingerprint density at radius 2 is 2.25 bits per heavy atom. The number of nitrogens with one attached hydrogen (secondary N) is 2. The number of amides is 1. The molecule has 2 heterocycles. The second-order valence-electron chi connectivity index (χ2n) is 6.36. The Labute approximate surface area is 168 Å². The molecule has 154 valence electrons. The van der Waals surface area contributed by atoms with Crippen molar-refractivity contribution >= 4 is 24.1 Å². The molecule has 0 saturated carbocycles. The highest BCUT2D eigenvalue weighted by Crippen LogP contribution is 2.33. The Morgan fingerprint density at radius 3 is 2.89 bits per heavy atom. The number of aromatic nitrogens is 1. The third-order valence-electron chi connectivity index (χ3n) is 4.23. The van der Waals surface area contributed by atoms with Gasteiger partial charge in [-0.05, 0) is 18.2 Å². The predicted molar refractivity (Wildman–Crippen MR) is 105 cm³/mol. The highest BCUT2D eigenvalue weighted by Gasteiger charge is 2.27. The molecule has 1 amide bonds. The molecular weight excluding hydrogens is 391 g/mol. The first-order valence-electron chi connectivity index (χ1n) is 8.62. The number of hydrogen-bond acceptors (Lipinski definition) is 7. The summed E-state index contributed by atoms with van der Waals surface area (Å²) in [5.41, 5.74) is 0.770. The van der Waals surface area contributed by atoms with Crippen molar-refractivity contribution in [1.29, 1.82) is 0 Å². The molecule has 0 radical (unpaired) electrons. The van der Waals surface area contributed by atoms with Crippen LogP contribution in [-0.4, -0.2) is 64.6 Å². The fraction of sp³-hybridized carbons (Fsp3) is 0.444. The zero-order valence-corrected chi connectivity index (χ0v) is 16.8. The summed E-state index contributed by atoms with van der Waals surface area (Å²) in [4.78, 5) is 14.6. The Morgan fingerprint density at radius 1 is 1.46 bits per heavy atom. The van der Waals surface area contributed by atoms with Crippen molar-refractivity contribution in [3.05, 3.63) is 29.6 Å². The lowest BCUT2D eigenvalue weighted by Gasteiger charge is -2.23. The van der Waals surface area contributed by atoms with Crippen LogP contribution in [0.25, 0.3) is 11.3 Å². The number of ether oxygens (including phenoxy) is 2. The van der Waals surface area contributed by atoms with E-state index in [2.05, 4.69) is 15.8 Å². The molecule has 2 N–H and O–H groups in total. The van der Waals surface area contributed by atoms with Crippen molar-refractivity contribution in [2.24, 2.45) is 0 Å². The van der Waals surface area contributed by atoms with E-state index in [1.54, 1.807) is 19.0 Å². The maximum Gasteiger partial charge on any atom is 0.259 e. The van der Waals surface area contributed by atoms with Crippen LogP contribution >= 0.6 is 12.4 Å². The van der Waals surface area contributed by atoms with E-state index in [0.29, 0.717) is 31.1 Å². The molecule has 0 bridgehead atoms. The van der Waals surface area contributed by atoms with Gasteiger partial charge in [0.05, 0.1) is 19.8 Å². The monoisotopic (exact) mass is 414 g/mol. The van der Waals surface area contributed by atoms with Crippen LogP contribution in [0, 0.1) is 5.82 Å². The van der Waals surface area contributed by atoms with E-state index in [1.165, 1.54) is 25.3 Å². The predicted octanol–water partition coefficient (Wildman–Crippen LogP) is 1.70. The van der Waals surface area contributed by atoms with Crippen LogP contribution in [0.1, 0.15) is 10.4 Å². The fourth-order valence-electron chi connectivity index (χ4n) is 2.84. The lowest BCUT2D eigenvalue weighted by molar-refractivity contribution is 0.0287. The van der Waals surface area contributed by atoms with E-state index in [1.807, 2.05) is 0 Å². The molecule has 10 heteroatoms. The molecule has 2 aromatic rings. The molecule has 3 rings (SSSR count). The molecule has 1 fully saturated rings. The molecule has 1 atom stereocenters. The van der Waals surface area contributed by atoms with Crippen molar-refractivity contribution in [2.45, 2.75) is 6.10 Å². The molecule has 1 aromatic heterocycles. The SMILES string of the molecule is COc1cc(-c2onc(N(C)C)c2C(=O)NCC2CNCCO2)ccc1F.Cl. The molecule has 1 unspecified atom stereocenters. The molecule has 1 aliphatic rings. The van der Waals surface area contributed by atoms with Gasteiger partial charge in [0.25, 0.3) is 5.91 Å². The number of halogens is 2. The molecule has 1 saturated heterocycles. The van der Waals surface area contributed by atoms with E-state index in [-0.39, 0.29) is 41.5 Å². The fourth-order valence-corrected chi connectivity index (χ4v) is 2.84. The lowest BCUT2D eigenvalue weighted by atomic mass is 10.1. The topological polar surface area (TPSA) is 88.9 Å². The number of carbonyl (C=O) groups is 1. The maximum absolute atomic E-state index is 13.7. The Kier molecular flexibility index (Phi) is 7.61. The number of morpholine rings is 1. The second kappa shape index (κ2) is 9.72. The van der Waals surface area contributed by atoms with Crippen molar-refractivity contribution < 1.29 is 23.2 Å². The summed E-state index contributed by atoms with van der Waals surface area (Å²) in [5, 5.41) is 10.1. The highest BCUT2D eigenvalue weighted by molar-refractivity contribution is 6.04. The Hall–Kier alpha value is -2.36. The lowest BCUT2D eigenvalue weighted by Crippen LogP contribution is -2.45. The van der Waals surface area contributed by atoms with Gasteiger partial charge in [0.2, 0.25) is 0 Å². The van der Waals surface area contributed by atoms with Crippen molar-refractivity contribution in [1.82, 2.24) is 15.8 Å². The van der Waals surface area contributed by atoms with Crippen LogP contribution in [-0.2, 0) is 4.74 Å². The summed E-state index contributed by atoms with van der Waals surface area (Å²) in [6.45, 7) is 2.44. The number of carbonyl (C=O) groups excluding carboxylic acids is 1. The van der Waals surface area contributed by atoms with E-state index in [9.17, 15) is 9.18 Å². The van der Waals surface area contributed by atoms with Crippen LogP contribution in [0.3, 0.4) is 0 Å². The summed E-state index contributed by atoms with van der Waals surface area (Å²) in [5.74, 6) is -0.150. The third-order valence-corrected chi connectivity index (χ3v) is 4.23. The molecule has 1 aromatic carbocycles. The van der Waals surface area contributed by atoms with E-state index in [4.69, 9.17) is 14.0 Å². The van der Waals surface area contributed by atoms with Gasteiger partial charge >= 0.3 is 0 Å². The summed E-state index contributed by atoms with van der Waals surface area (Å²) >= 11 is 0. The van der Waals surface area contributed by atoms with Crippen LogP contribution in [0.15, 0.2) is 22.7 Å². The van der Waals surface area contributed by atoms with Gasteiger partial charge in [-0.25, -0.2) is 4.39 Å². The summed E-state index contributed by atoms with van der Waals surface area (Å²) < 4.78 is 29.8. The molecule has 0 spiro atoms. The van der Waals surface area contributed by atoms with Gasteiger partial charge in [-0.3, -0.25) is 4.79 Å². The number of rotatable bonds is 6. The minimum Gasteiger partial charge on any atom is -0.494 e. The van der Waals surface area contributed by atoms with E-state index < -0.39 is 5.82 Å². The second-order valence-corrected chi connectivity index (χ2v) is 6.36. The van der Waals surface area contributed by atoms with Crippen LogP contribution in [0.5, 0.6) is 5.75 Å². The number of anilines is 1. The standard InChI is InChI=1S/C18H23FN4O4.ClH/c1-23(2)17-15(18(24)21-10-12-9-20-6-7-26-12)16(27-22-17)11-4-5-13(19)14(8-11)25-3;/h4-5,8,12,20H,6-7,9-10H2,1-3H3,(H,21,24);1H. The van der Waals surface area contributed by atoms with Gasteiger partial charge in [-0.1, -0.05) is 5.16 Å². The summed E-state index contributed by atoms with van der Waals surface area (Å²) in [6, 6.07) is 4.25. The third kappa shape index (κ3) is 4.73. The number of hydrogen-bond donors (Lipinski definition) is 2. The van der Waals surface area contributed by atoms with Gasteiger partial charge in [0.1, 0.15) is 5.56 Å². The smallest absolute Gasteiger partial charge is 0.259 e. The molecule has 0 aliphatic carbocycles. The van der Waals surface area contributed by atoms with Crippen molar-refractivity contribution in [3.63, 3.8) is 0 Å². The van der Waals surface area contributed by atoms with Crippen LogP contribution in [0.4, 0.5) is 10.2 Å². The highest BCUT2D eigenvalue weighted by atomic mass is 35.5. The Bertz CT molecular complexity index is 809. The zero-order valence-electron chi connectivity index (χ0n) is 16.0. The molecule has 28 heavy (non-hydrogen) atoms. The van der Waals surface area contributed by atoms with Crippen molar-refractivity contribution in [2.75, 3.05) is 52.3 Å². The minimum absolute atomic E-state index is 0. The first kappa shape index (κ1) is 21.9. The van der Waals surface area contributed by atoms with Gasteiger partial charge in [0.15, 0.2) is 23.1 Å². The van der Waals surface area contributed by atoms with Crippen LogP contribution < -0.4 is 20.3 Å². The largest absolute Gasteiger partial charge is 0.494 e. The first-order valence-corrected chi connectivity index (χ1v) is 8.62. The number of methoxy groups -OCH3 is 1. The summed E-state index contributed by atoms with van der Waals surface area (Å²) in [7, 11) is 4.90. The normalized spacial score (nSPS) is 16.2. The number of nitrogens with zero attached hydrogens (tertiary/aromatic N) is 2. The molecule has 1 aliphatic heterocycles. The minimum atomic E-state index is -0.499. The first-order chi connectivity index (χ1) is 13.0.